The smallest absolute Gasteiger partial charge is 0.272 e. The maximum Gasteiger partial charge on any atom is 0.272 e. The van der Waals surface area contributed by atoms with E-state index < -0.39 is 11.6 Å². The highest BCUT2D eigenvalue weighted by molar-refractivity contribution is 5.83. The average molecular weight is 382 g/mol. The molecule has 0 bridgehead atoms. The Bertz CT molecular complexity index is 1050. The van der Waals surface area contributed by atoms with Crippen molar-refractivity contribution in [2.75, 3.05) is 0 Å². The molecule has 4 N–H and O–H groups in total. The van der Waals surface area contributed by atoms with Crippen molar-refractivity contribution in [1.82, 2.24) is 30.9 Å². The van der Waals surface area contributed by atoms with Crippen LogP contribution in [0.15, 0.2) is 60.0 Å². The van der Waals surface area contributed by atoms with Gasteiger partial charge in [-0.05, 0) is 25.1 Å². The van der Waals surface area contributed by atoms with E-state index in [9.17, 15) is 8.78 Å². The molecule has 0 saturated heterocycles. The van der Waals surface area contributed by atoms with Crippen LogP contribution >= 0.6 is 0 Å². The van der Waals surface area contributed by atoms with Gasteiger partial charge in [0, 0.05) is 23.0 Å². The molecule has 1 aromatic carbocycles. The third kappa shape index (κ3) is 4.13. The number of hydrogen-bond donors (Lipinski definition) is 3. The van der Waals surface area contributed by atoms with Gasteiger partial charge in [0.25, 0.3) is 5.95 Å². The molecule has 0 aliphatic heterocycles. The fourth-order valence-corrected chi connectivity index (χ4v) is 2.35. The second kappa shape index (κ2) is 8.27. The van der Waals surface area contributed by atoms with Gasteiger partial charge in [-0.1, -0.05) is 18.7 Å². The van der Waals surface area contributed by atoms with Gasteiger partial charge in [-0.15, -0.1) is 10.2 Å². The summed E-state index contributed by atoms with van der Waals surface area (Å²) in [6.45, 7) is 5.38. The third-order valence-corrected chi connectivity index (χ3v) is 3.51. The number of aromatic nitrogens is 4. The zero-order valence-electron chi connectivity index (χ0n) is 14.8. The van der Waals surface area contributed by atoms with Crippen LogP contribution < -0.4 is 16.6 Å². The summed E-state index contributed by atoms with van der Waals surface area (Å²) >= 11 is 0. The molecule has 2 heterocycles. The van der Waals surface area contributed by atoms with Crippen molar-refractivity contribution in [1.29, 1.82) is 0 Å². The van der Waals surface area contributed by atoms with E-state index in [2.05, 4.69) is 42.5 Å². The summed E-state index contributed by atoms with van der Waals surface area (Å²) in [5.41, 5.74) is 3.23. The number of nitrogens with zero attached hydrogens (tertiary/aromatic N) is 5. The minimum Gasteiger partial charge on any atom is -0.329 e. The van der Waals surface area contributed by atoms with E-state index in [1.807, 2.05) is 0 Å². The topological polar surface area (TPSA) is 114 Å². The van der Waals surface area contributed by atoms with Gasteiger partial charge < -0.3 is 5.32 Å². The maximum absolute atomic E-state index is 14.4. The van der Waals surface area contributed by atoms with Crippen LogP contribution in [0.1, 0.15) is 6.92 Å². The minimum absolute atomic E-state index is 0.0547. The molecule has 0 radical (unpaired) electrons. The van der Waals surface area contributed by atoms with Crippen LogP contribution in [-0.2, 0) is 0 Å². The SMILES string of the molecule is C=C(C)NC(=Nc1nnc(-c2ccncc2F)c(-c2ccccc2F)n1)NN. The zero-order valence-corrected chi connectivity index (χ0v) is 14.8. The van der Waals surface area contributed by atoms with Gasteiger partial charge >= 0.3 is 0 Å². The van der Waals surface area contributed by atoms with Crippen LogP contribution in [0, 0.1) is 11.6 Å². The quantitative estimate of drug-likeness (QED) is 0.275. The van der Waals surface area contributed by atoms with E-state index in [0.717, 1.165) is 6.20 Å². The first-order chi connectivity index (χ1) is 13.5. The molecule has 2 aromatic heterocycles. The average Bonchev–Trinajstić information content (AvgIpc) is 2.68. The number of aliphatic imine (C=N–C) groups is 1. The Morgan fingerprint density at radius 1 is 1.07 bits per heavy atom. The molecule has 0 unspecified atom stereocenters. The number of rotatable bonds is 4. The van der Waals surface area contributed by atoms with Crippen LogP contribution in [0.2, 0.25) is 0 Å². The lowest BCUT2D eigenvalue weighted by molar-refractivity contribution is 0.623. The van der Waals surface area contributed by atoms with Gasteiger partial charge in [0.05, 0.1) is 6.20 Å². The Hall–Kier alpha value is -3.79. The van der Waals surface area contributed by atoms with E-state index >= 15 is 0 Å². The van der Waals surface area contributed by atoms with Gasteiger partial charge in [0.15, 0.2) is 5.82 Å². The predicted molar refractivity (Wildman–Crippen MR) is 101 cm³/mol. The standard InChI is InChI=1S/C18H16F2N8/c1-10(2)23-17(26-21)25-18-24-15(11-5-3-4-6-13(11)19)16(27-28-18)12-7-8-22-9-14(12)20/h3-9H,1,21H2,2H3,(H2,23,24,25,26,28). The summed E-state index contributed by atoms with van der Waals surface area (Å²) in [6, 6.07) is 7.34. The number of nitrogens with two attached hydrogens (primary N) is 1. The molecule has 0 atom stereocenters. The Labute approximate surface area is 159 Å². The molecular formula is C18H16F2N8. The molecule has 0 aliphatic rings. The normalized spacial score (nSPS) is 11.2. The molecule has 0 fully saturated rings. The number of pyridine rings is 1. The predicted octanol–water partition coefficient (Wildman–Crippen LogP) is 2.45. The van der Waals surface area contributed by atoms with Crippen LogP contribution in [0.5, 0.6) is 0 Å². The molecule has 3 aromatic rings. The number of allylic oxidation sites excluding steroid dienone is 1. The number of hydrogen-bond acceptors (Lipinski definition) is 6. The fraction of sp³-hybridized carbons (Fsp3) is 0.0556. The van der Waals surface area contributed by atoms with Gasteiger partial charge in [0.1, 0.15) is 17.2 Å². The first-order valence-electron chi connectivity index (χ1n) is 8.07. The molecule has 10 heteroatoms. The minimum atomic E-state index is -0.638. The first kappa shape index (κ1) is 19.0. The molecule has 0 amide bonds. The summed E-state index contributed by atoms with van der Waals surface area (Å²) < 4.78 is 28.7. The van der Waals surface area contributed by atoms with Gasteiger partial charge in [-0.25, -0.2) is 19.6 Å². The Balaban J connectivity index is 2.20. The largest absolute Gasteiger partial charge is 0.329 e. The van der Waals surface area contributed by atoms with Crippen molar-refractivity contribution in [2.24, 2.45) is 10.8 Å². The lowest BCUT2D eigenvalue weighted by Gasteiger charge is -2.11. The number of benzene rings is 1. The Morgan fingerprint density at radius 3 is 2.50 bits per heavy atom. The van der Waals surface area contributed by atoms with E-state index in [0.29, 0.717) is 5.70 Å². The number of hydrazine groups is 1. The third-order valence-electron chi connectivity index (χ3n) is 3.51. The Kier molecular flexibility index (Phi) is 5.61. The van der Waals surface area contributed by atoms with Crippen molar-refractivity contribution in [3.05, 3.63) is 66.6 Å². The fourth-order valence-electron chi connectivity index (χ4n) is 2.35. The van der Waals surface area contributed by atoms with Crippen LogP contribution in [0.3, 0.4) is 0 Å². The molecule has 28 heavy (non-hydrogen) atoms. The number of halogens is 2. The van der Waals surface area contributed by atoms with E-state index in [4.69, 9.17) is 5.84 Å². The lowest BCUT2D eigenvalue weighted by atomic mass is 10.0. The molecule has 8 nitrogen and oxygen atoms in total. The van der Waals surface area contributed by atoms with Gasteiger partial charge in [0.2, 0.25) is 5.96 Å². The van der Waals surface area contributed by atoms with Gasteiger partial charge in [-0.2, -0.15) is 4.99 Å². The van der Waals surface area contributed by atoms with Crippen molar-refractivity contribution < 1.29 is 8.78 Å². The second-order valence-electron chi connectivity index (χ2n) is 5.65. The van der Waals surface area contributed by atoms with Crippen LogP contribution in [0.4, 0.5) is 14.7 Å². The highest BCUT2D eigenvalue weighted by atomic mass is 19.1. The second-order valence-corrected chi connectivity index (χ2v) is 5.65. The monoisotopic (exact) mass is 382 g/mol. The Morgan fingerprint density at radius 2 is 1.82 bits per heavy atom. The maximum atomic E-state index is 14.4. The van der Waals surface area contributed by atoms with E-state index in [1.54, 1.807) is 13.0 Å². The van der Waals surface area contributed by atoms with Crippen LogP contribution in [0.25, 0.3) is 22.5 Å². The summed E-state index contributed by atoms with van der Waals surface area (Å²) in [5, 5.41) is 10.7. The van der Waals surface area contributed by atoms with Crippen molar-refractivity contribution in [2.45, 2.75) is 6.92 Å². The van der Waals surface area contributed by atoms with Gasteiger partial charge in [-0.3, -0.25) is 10.4 Å². The summed E-state index contributed by atoms with van der Waals surface area (Å²) in [7, 11) is 0. The molecule has 3 rings (SSSR count). The van der Waals surface area contributed by atoms with E-state index in [1.165, 1.54) is 30.5 Å². The number of nitrogens with one attached hydrogen (secondary N) is 2. The first-order valence-corrected chi connectivity index (χ1v) is 8.07. The summed E-state index contributed by atoms with van der Waals surface area (Å²) in [6.07, 6.45) is 2.42. The molecule has 0 saturated carbocycles. The molecule has 0 aliphatic carbocycles. The van der Waals surface area contributed by atoms with Crippen molar-refractivity contribution >= 4 is 11.9 Å². The number of guanidine groups is 1. The molecule has 0 spiro atoms. The summed E-state index contributed by atoms with van der Waals surface area (Å²) in [4.78, 5) is 12.1. The zero-order chi connectivity index (χ0) is 20.1. The van der Waals surface area contributed by atoms with Crippen LogP contribution in [-0.4, -0.2) is 26.1 Å². The highest BCUT2D eigenvalue weighted by Crippen LogP contribution is 2.32. The van der Waals surface area contributed by atoms with Crippen molar-refractivity contribution in [3.63, 3.8) is 0 Å². The highest BCUT2D eigenvalue weighted by Gasteiger charge is 2.19. The van der Waals surface area contributed by atoms with E-state index in [-0.39, 0.29) is 34.4 Å². The van der Waals surface area contributed by atoms with Crippen molar-refractivity contribution in [3.8, 4) is 22.5 Å². The lowest BCUT2D eigenvalue weighted by Crippen LogP contribution is -2.40. The molecular weight excluding hydrogens is 366 g/mol. The summed E-state index contributed by atoms with van der Waals surface area (Å²) in [5.74, 6) is 4.21. The molecule has 142 valence electrons.